The van der Waals surface area contributed by atoms with Gasteiger partial charge < -0.3 is 10.2 Å². The van der Waals surface area contributed by atoms with Crippen molar-refractivity contribution < 1.29 is 9.59 Å². The Morgan fingerprint density at radius 2 is 2.00 bits per heavy atom. The molecule has 2 aliphatic rings. The lowest BCUT2D eigenvalue weighted by atomic mass is 9.71. The van der Waals surface area contributed by atoms with Crippen molar-refractivity contribution in [3.05, 3.63) is 53.9 Å². The molecule has 2 fully saturated rings. The Morgan fingerprint density at radius 1 is 1.25 bits per heavy atom. The van der Waals surface area contributed by atoms with E-state index in [1.54, 1.807) is 12.4 Å². The molecule has 0 bridgehead atoms. The summed E-state index contributed by atoms with van der Waals surface area (Å²) in [5, 5.41) is 9.63. The van der Waals surface area contributed by atoms with Crippen LogP contribution in [0.2, 0.25) is 0 Å². The summed E-state index contributed by atoms with van der Waals surface area (Å²) in [6, 6.07) is 10.4. The Kier molecular flexibility index (Phi) is 4.93. The predicted molar refractivity (Wildman–Crippen MR) is 105 cm³/mol. The van der Waals surface area contributed by atoms with Crippen molar-refractivity contribution in [3.8, 4) is 0 Å². The molecule has 4 rings (SSSR count). The number of amides is 2. The van der Waals surface area contributed by atoms with Crippen LogP contribution in [-0.4, -0.2) is 64.0 Å². The van der Waals surface area contributed by atoms with Crippen LogP contribution >= 0.6 is 0 Å². The number of likely N-dealkylation sites (tertiary alicyclic amines) is 2. The normalized spacial score (nSPS) is 21.1. The third kappa shape index (κ3) is 3.54. The first kappa shape index (κ1) is 18.7. The zero-order chi connectivity index (χ0) is 19.7. The van der Waals surface area contributed by atoms with Crippen molar-refractivity contribution in [2.24, 2.45) is 11.3 Å². The number of H-pyrrole nitrogens is 1. The van der Waals surface area contributed by atoms with E-state index in [1.807, 2.05) is 36.9 Å². The molecule has 2 saturated heterocycles. The lowest BCUT2D eigenvalue weighted by molar-refractivity contribution is -0.131. The average Bonchev–Trinajstić information content (AvgIpc) is 3.28. The molecule has 1 unspecified atom stereocenters. The lowest BCUT2D eigenvalue weighted by Gasteiger charge is -2.50. The summed E-state index contributed by atoms with van der Waals surface area (Å²) in [6.45, 7) is 7.56. The summed E-state index contributed by atoms with van der Waals surface area (Å²) in [4.78, 5) is 29.7. The second-order valence-electron chi connectivity index (χ2n) is 8.38. The van der Waals surface area contributed by atoms with E-state index in [9.17, 15) is 9.59 Å². The molecule has 1 spiro atoms. The number of nitrogens with zero attached hydrogens (tertiary/aromatic N) is 3. The van der Waals surface area contributed by atoms with E-state index in [1.165, 1.54) is 5.56 Å². The fourth-order valence-electron chi connectivity index (χ4n) is 4.51. The molecule has 1 aromatic heterocycles. The molecule has 0 saturated carbocycles. The lowest BCUT2D eigenvalue weighted by Crippen LogP contribution is -2.64. The van der Waals surface area contributed by atoms with Crippen molar-refractivity contribution >= 4 is 11.8 Å². The molecule has 0 aliphatic carbocycles. The number of nitrogens with one attached hydrogen (secondary N) is 2. The molecule has 7 heteroatoms. The van der Waals surface area contributed by atoms with Gasteiger partial charge in [-0.3, -0.25) is 19.6 Å². The van der Waals surface area contributed by atoms with Gasteiger partial charge in [-0.1, -0.05) is 30.3 Å². The molecular formula is C21H27N5O2. The van der Waals surface area contributed by atoms with E-state index >= 15 is 0 Å². The van der Waals surface area contributed by atoms with Crippen LogP contribution in [0.1, 0.15) is 29.8 Å². The monoisotopic (exact) mass is 381 g/mol. The summed E-state index contributed by atoms with van der Waals surface area (Å²) < 4.78 is 0. The first-order valence-electron chi connectivity index (χ1n) is 9.81. The Balaban J connectivity index is 1.48. The average molecular weight is 381 g/mol. The van der Waals surface area contributed by atoms with Gasteiger partial charge in [0, 0.05) is 50.4 Å². The van der Waals surface area contributed by atoms with Crippen molar-refractivity contribution in [3.63, 3.8) is 0 Å². The molecule has 2 N–H and O–H groups in total. The third-order valence-corrected chi connectivity index (χ3v) is 5.76. The van der Waals surface area contributed by atoms with Gasteiger partial charge in [0.25, 0.3) is 5.91 Å². The zero-order valence-electron chi connectivity index (χ0n) is 16.4. The summed E-state index contributed by atoms with van der Waals surface area (Å²) in [6.07, 6.45) is 3.17. The quantitative estimate of drug-likeness (QED) is 0.823. The van der Waals surface area contributed by atoms with Crippen molar-refractivity contribution in [2.75, 3.05) is 26.2 Å². The minimum atomic E-state index is -0.173. The van der Waals surface area contributed by atoms with E-state index in [0.717, 1.165) is 19.6 Å². The van der Waals surface area contributed by atoms with Crippen molar-refractivity contribution in [1.82, 2.24) is 25.3 Å². The first-order valence-corrected chi connectivity index (χ1v) is 9.81. The van der Waals surface area contributed by atoms with E-state index in [0.29, 0.717) is 18.7 Å². The van der Waals surface area contributed by atoms with Crippen LogP contribution in [0.3, 0.4) is 0 Å². The zero-order valence-corrected chi connectivity index (χ0v) is 16.4. The highest BCUT2D eigenvalue weighted by atomic mass is 16.2. The van der Waals surface area contributed by atoms with Crippen LogP contribution in [0, 0.1) is 11.3 Å². The third-order valence-electron chi connectivity index (χ3n) is 5.76. The van der Waals surface area contributed by atoms with Gasteiger partial charge in [-0.15, -0.1) is 0 Å². The van der Waals surface area contributed by atoms with Crippen LogP contribution in [0.5, 0.6) is 0 Å². The van der Waals surface area contributed by atoms with Crippen LogP contribution in [0.4, 0.5) is 0 Å². The van der Waals surface area contributed by atoms with Crippen molar-refractivity contribution in [2.45, 2.75) is 26.4 Å². The maximum Gasteiger partial charge on any atom is 0.257 e. The molecule has 28 heavy (non-hydrogen) atoms. The van der Waals surface area contributed by atoms with Crippen molar-refractivity contribution in [1.29, 1.82) is 0 Å². The number of carbonyl (C=O) groups excluding carboxylic acids is 2. The van der Waals surface area contributed by atoms with E-state index in [-0.39, 0.29) is 29.2 Å². The maximum atomic E-state index is 12.9. The van der Waals surface area contributed by atoms with Gasteiger partial charge >= 0.3 is 0 Å². The fourth-order valence-corrected chi connectivity index (χ4v) is 4.51. The van der Waals surface area contributed by atoms with Crippen LogP contribution < -0.4 is 5.32 Å². The molecule has 0 radical (unpaired) electrons. The summed E-state index contributed by atoms with van der Waals surface area (Å²) >= 11 is 0. The molecule has 2 aliphatic heterocycles. The van der Waals surface area contributed by atoms with Crippen LogP contribution in [0.15, 0.2) is 42.7 Å². The Hall–Kier alpha value is -2.67. The minimum Gasteiger partial charge on any atom is -0.354 e. The predicted octanol–water partition coefficient (Wildman–Crippen LogP) is 1.51. The van der Waals surface area contributed by atoms with Gasteiger partial charge in [-0.25, -0.2) is 0 Å². The van der Waals surface area contributed by atoms with Crippen LogP contribution in [0.25, 0.3) is 0 Å². The summed E-state index contributed by atoms with van der Waals surface area (Å²) in [5.74, 6) is -0.0307. The molecule has 7 nitrogen and oxygen atoms in total. The number of carbonyl (C=O) groups is 2. The first-order chi connectivity index (χ1) is 13.5. The van der Waals surface area contributed by atoms with Gasteiger partial charge in [0.05, 0.1) is 17.7 Å². The molecule has 1 atom stereocenters. The topological polar surface area (TPSA) is 81.3 Å². The number of aromatic nitrogens is 2. The minimum absolute atomic E-state index is 0.0242. The second-order valence-corrected chi connectivity index (χ2v) is 8.38. The number of rotatable bonds is 5. The molecule has 2 aromatic rings. The molecule has 148 valence electrons. The maximum absolute atomic E-state index is 12.9. The van der Waals surface area contributed by atoms with Crippen LogP contribution in [-0.2, 0) is 11.3 Å². The SMILES string of the molecule is CC(C)NC(=O)C1CN(Cc2ccccc2)CC12CN(C(=O)c1cn[nH]c1)C2. The molecule has 2 amide bonds. The number of aromatic amines is 1. The highest BCUT2D eigenvalue weighted by molar-refractivity contribution is 5.94. The largest absolute Gasteiger partial charge is 0.354 e. The number of benzene rings is 1. The standard InChI is InChI=1S/C21H27N5O2/c1-15(2)24-19(27)18-11-25(10-16-6-4-3-5-7-16)12-21(18)13-26(14-21)20(28)17-8-22-23-9-17/h3-9,15,18H,10-14H2,1-2H3,(H,22,23)(H,24,27). The number of hydrogen-bond donors (Lipinski definition) is 2. The Morgan fingerprint density at radius 3 is 2.64 bits per heavy atom. The summed E-state index contributed by atoms with van der Waals surface area (Å²) in [7, 11) is 0. The second kappa shape index (κ2) is 7.39. The van der Waals surface area contributed by atoms with E-state index in [4.69, 9.17) is 0 Å². The Labute approximate surface area is 165 Å². The van der Waals surface area contributed by atoms with Gasteiger partial charge in [-0.05, 0) is 19.4 Å². The summed E-state index contributed by atoms with van der Waals surface area (Å²) in [5.41, 5.74) is 1.64. The number of hydrogen-bond acceptors (Lipinski definition) is 4. The van der Waals surface area contributed by atoms with Gasteiger partial charge in [0.15, 0.2) is 0 Å². The molecular weight excluding hydrogens is 354 g/mol. The Bertz CT molecular complexity index is 828. The molecule has 1 aromatic carbocycles. The highest BCUT2D eigenvalue weighted by Gasteiger charge is 2.57. The van der Waals surface area contributed by atoms with Gasteiger partial charge in [0.1, 0.15) is 0 Å². The van der Waals surface area contributed by atoms with E-state index in [2.05, 4.69) is 32.5 Å². The molecule has 3 heterocycles. The van der Waals surface area contributed by atoms with Gasteiger partial charge in [0.2, 0.25) is 5.91 Å². The smallest absolute Gasteiger partial charge is 0.257 e. The highest BCUT2D eigenvalue weighted by Crippen LogP contribution is 2.45. The van der Waals surface area contributed by atoms with E-state index < -0.39 is 0 Å². The fraction of sp³-hybridized carbons (Fsp3) is 0.476. The van der Waals surface area contributed by atoms with Gasteiger partial charge in [-0.2, -0.15) is 5.10 Å².